The quantitative estimate of drug-likeness (QED) is 0.915. The van der Waals surface area contributed by atoms with E-state index in [0.29, 0.717) is 6.54 Å². The number of H-pyrrole nitrogens is 1. The Balaban J connectivity index is 1.36. The van der Waals surface area contributed by atoms with Gasteiger partial charge in [0.1, 0.15) is 10.5 Å². The SMILES string of the molecule is CN(CCN1C[C@H]2CC[C@@H]1C2)Cc1nc2ccsc2c(=O)[nH]1. The Morgan fingerprint density at radius 3 is 3.18 bits per heavy atom. The van der Waals surface area contributed by atoms with Gasteiger partial charge in [-0.2, -0.15) is 0 Å². The maximum Gasteiger partial charge on any atom is 0.268 e. The van der Waals surface area contributed by atoms with Gasteiger partial charge in [0.05, 0.1) is 12.1 Å². The van der Waals surface area contributed by atoms with Gasteiger partial charge in [0, 0.05) is 25.7 Å². The van der Waals surface area contributed by atoms with Crippen LogP contribution in [0.15, 0.2) is 16.2 Å². The fraction of sp³-hybridized carbons (Fsp3) is 0.625. The van der Waals surface area contributed by atoms with Crippen LogP contribution < -0.4 is 5.56 Å². The molecule has 5 nitrogen and oxygen atoms in total. The van der Waals surface area contributed by atoms with Crippen molar-refractivity contribution in [2.75, 3.05) is 26.7 Å². The van der Waals surface area contributed by atoms with E-state index >= 15 is 0 Å². The van der Waals surface area contributed by atoms with Crippen molar-refractivity contribution in [3.63, 3.8) is 0 Å². The van der Waals surface area contributed by atoms with Gasteiger partial charge in [0.2, 0.25) is 0 Å². The van der Waals surface area contributed by atoms with Crippen LogP contribution in [-0.4, -0.2) is 52.5 Å². The standard InChI is InChI=1S/C16H22N4OS/c1-19(5-6-20-9-11-2-3-12(20)8-11)10-14-17-13-4-7-22-15(13)16(21)18-14/h4,7,11-12H,2-3,5-6,8-10H2,1H3,(H,17,18,21)/t11-,12+/m0/s1. The highest BCUT2D eigenvalue weighted by atomic mass is 32.1. The second kappa shape index (κ2) is 5.76. The Hall–Kier alpha value is -1.24. The highest BCUT2D eigenvalue weighted by Crippen LogP contribution is 2.36. The van der Waals surface area contributed by atoms with E-state index in [2.05, 4.69) is 26.8 Å². The Morgan fingerprint density at radius 1 is 1.50 bits per heavy atom. The number of likely N-dealkylation sites (N-methyl/N-ethyl adjacent to an activating group) is 1. The summed E-state index contributed by atoms with van der Waals surface area (Å²) in [5, 5.41) is 1.92. The van der Waals surface area contributed by atoms with Gasteiger partial charge in [-0.3, -0.25) is 14.6 Å². The summed E-state index contributed by atoms with van der Waals surface area (Å²) in [5.74, 6) is 1.72. The molecular formula is C16H22N4OS. The van der Waals surface area contributed by atoms with Gasteiger partial charge in [0.25, 0.3) is 5.56 Å². The number of piperidine rings is 1. The Morgan fingerprint density at radius 2 is 2.41 bits per heavy atom. The number of thiophene rings is 1. The van der Waals surface area contributed by atoms with Crippen LogP contribution in [0.1, 0.15) is 25.1 Å². The molecule has 2 aromatic heterocycles. The molecule has 1 saturated carbocycles. The van der Waals surface area contributed by atoms with Crippen molar-refractivity contribution in [1.29, 1.82) is 0 Å². The summed E-state index contributed by atoms with van der Waals surface area (Å²) in [6, 6.07) is 2.75. The lowest BCUT2D eigenvalue weighted by atomic mass is 10.1. The van der Waals surface area contributed by atoms with E-state index in [-0.39, 0.29) is 5.56 Å². The molecule has 0 radical (unpaired) electrons. The number of nitrogens with zero attached hydrogens (tertiary/aromatic N) is 3. The number of aromatic amines is 1. The van der Waals surface area contributed by atoms with Crippen LogP contribution in [0, 0.1) is 5.92 Å². The lowest BCUT2D eigenvalue weighted by molar-refractivity contribution is 0.181. The van der Waals surface area contributed by atoms with E-state index in [0.717, 1.165) is 41.1 Å². The van der Waals surface area contributed by atoms with Gasteiger partial charge in [-0.25, -0.2) is 4.98 Å². The molecular weight excluding hydrogens is 296 g/mol. The topological polar surface area (TPSA) is 52.2 Å². The van der Waals surface area contributed by atoms with Crippen molar-refractivity contribution < 1.29 is 0 Å². The maximum atomic E-state index is 12.0. The molecule has 6 heteroatoms. The predicted molar refractivity (Wildman–Crippen MR) is 89.3 cm³/mol. The van der Waals surface area contributed by atoms with E-state index < -0.39 is 0 Å². The third-order valence-electron chi connectivity index (χ3n) is 5.08. The molecule has 2 atom stereocenters. The molecule has 1 aliphatic heterocycles. The summed E-state index contributed by atoms with van der Waals surface area (Å²) in [4.78, 5) is 24.3. The minimum atomic E-state index is -0.0137. The molecule has 22 heavy (non-hydrogen) atoms. The summed E-state index contributed by atoms with van der Waals surface area (Å²) in [5.41, 5.74) is 0.800. The number of likely N-dealkylation sites (tertiary alicyclic amines) is 1. The van der Waals surface area contributed by atoms with Crippen LogP contribution in [-0.2, 0) is 6.54 Å². The second-order valence-corrected chi connectivity index (χ2v) is 7.63. The molecule has 1 N–H and O–H groups in total. The van der Waals surface area contributed by atoms with Gasteiger partial charge < -0.3 is 4.98 Å². The Bertz CT molecular complexity index is 724. The number of fused-ring (bicyclic) bond motifs is 3. The lowest BCUT2D eigenvalue weighted by Gasteiger charge is -2.28. The first kappa shape index (κ1) is 14.4. The molecule has 0 amide bonds. The molecule has 0 aromatic carbocycles. The number of hydrogen-bond donors (Lipinski definition) is 1. The average molecular weight is 318 g/mol. The van der Waals surface area contributed by atoms with Crippen LogP contribution in [0.4, 0.5) is 0 Å². The molecule has 2 bridgehead atoms. The van der Waals surface area contributed by atoms with E-state index in [1.165, 1.54) is 37.1 Å². The normalized spacial score (nSPS) is 24.8. The lowest BCUT2D eigenvalue weighted by Crippen LogP contribution is -2.38. The molecule has 0 spiro atoms. The van der Waals surface area contributed by atoms with Gasteiger partial charge in [-0.1, -0.05) is 0 Å². The largest absolute Gasteiger partial charge is 0.308 e. The molecule has 118 valence electrons. The monoisotopic (exact) mass is 318 g/mol. The van der Waals surface area contributed by atoms with E-state index in [4.69, 9.17) is 0 Å². The predicted octanol–water partition coefficient (Wildman–Crippen LogP) is 1.90. The van der Waals surface area contributed by atoms with Gasteiger partial charge in [-0.15, -0.1) is 11.3 Å². The highest BCUT2D eigenvalue weighted by molar-refractivity contribution is 7.17. The van der Waals surface area contributed by atoms with Crippen LogP contribution in [0.2, 0.25) is 0 Å². The summed E-state index contributed by atoms with van der Waals surface area (Å²) in [6.45, 7) is 4.13. The van der Waals surface area contributed by atoms with Crippen molar-refractivity contribution in [3.05, 3.63) is 27.6 Å². The van der Waals surface area contributed by atoms with Crippen LogP contribution in [0.25, 0.3) is 10.2 Å². The second-order valence-electron chi connectivity index (χ2n) is 6.71. The minimum absolute atomic E-state index is 0.0137. The molecule has 1 aliphatic carbocycles. The molecule has 0 unspecified atom stereocenters. The van der Waals surface area contributed by atoms with E-state index in [1.54, 1.807) is 0 Å². The molecule has 2 fully saturated rings. The molecule has 4 rings (SSSR count). The third kappa shape index (κ3) is 2.71. The first-order valence-electron chi connectivity index (χ1n) is 8.08. The van der Waals surface area contributed by atoms with Gasteiger partial charge >= 0.3 is 0 Å². The molecule has 2 aromatic rings. The fourth-order valence-electron chi connectivity index (χ4n) is 3.93. The van der Waals surface area contributed by atoms with Gasteiger partial charge in [-0.05, 0) is 43.7 Å². The zero-order chi connectivity index (χ0) is 15.1. The number of rotatable bonds is 5. The Kier molecular flexibility index (Phi) is 3.76. The smallest absolute Gasteiger partial charge is 0.268 e. The highest BCUT2D eigenvalue weighted by Gasteiger charge is 2.37. The number of nitrogens with one attached hydrogen (secondary N) is 1. The van der Waals surface area contributed by atoms with Crippen molar-refractivity contribution in [2.45, 2.75) is 31.8 Å². The summed E-state index contributed by atoms with van der Waals surface area (Å²) in [6.07, 6.45) is 4.23. The van der Waals surface area contributed by atoms with E-state index in [1.807, 2.05) is 11.4 Å². The first-order chi connectivity index (χ1) is 10.7. The summed E-state index contributed by atoms with van der Waals surface area (Å²) < 4.78 is 0.722. The van der Waals surface area contributed by atoms with Crippen molar-refractivity contribution in [1.82, 2.24) is 19.8 Å². The zero-order valence-electron chi connectivity index (χ0n) is 12.9. The van der Waals surface area contributed by atoms with E-state index in [9.17, 15) is 4.79 Å². The van der Waals surface area contributed by atoms with Crippen LogP contribution in [0.5, 0.6) is 0 Å². The summed E-state index contributed by atoms with van der Waals surface area (Å²) >= 11 is 1.45. The van der Waals surface area contributed by atoms with Gasteiger partial charge in [0.15, 0.2) is 0 Å². The number of hydrogen-bond acceptors (Lipinski definition) is 5. The van der Waals surface area contributed by atoms with Crippen LogP contribution in [0.3, 0.4) is 0 Å². The van der Waals surface area contributed by atoms with Crippen molar-refractivity contribution in [2.24, 2.45) is 5.92 Å². The number of aromatic nitrogens is 2. The maximum absolute atomic E-state index is 12.0. The molecule has 2 aliphatic rings. The fourth-order valence-corrected chi connectivity index (χ4v) is 4.66. The first-order valence-corrected chi connectivity index (χ1v) is 8.96. The van der Waals surface area contributed by atoms with Crippen molar-refractivity contribution >= 4 is 21.6 Å². The summed E-state index contributed by atoms with van der Waals surface area (Å²) in [7, 11) is 2.10. The third-order valence-corrected chi connectivity index (χ3v) is 5.98. The molecule has 3 heterocycles. The minimum Gasteiger partial charge on any atom is -0.308 e. The van der Waals surface area contributed by atoms with Crippen molar-refractivity contribution in [3.8, 4) is 0 Å². The Labute approximate surface area is 134 Å². The average Bonchev–Trinajstić information content (AvgIpc) is 3.20. The molecule has 1 saturated heterocycles. The zero-order valence-corrected chi connectivity index (χ0v) is 13.7. The van der Waals surface area contributed by atoms with Crippen LogP contribution >= 0.6 is 11.3 Å².